The molecule has 5 heteroatoms. The highest BCUT2D eigenvalue weighted by atomic mass is 16.4. The van der Waals surface area contributed by atoms with Crippen molar-refractivity contribution < 1.29 is 9.21 Å². The minimum Gasteiger partial charge on any atom is -0.418 e. The SMILES string of the molecule is O=C(Nc1ccc2nc(-c3ccccc3)oc2n1)c1ccccc1. The second kappa shape index (κ2) is 5.96. The van der Waals surface area contributed by atoms with Crippen molar-refractivity contribution in [1.29, 1.82) is 0 Å². The van der Waals surface area contributed by atoms with Crippen LogP contribution in [0.2, 0.25) is 0 Å². The van der Waals surface area contributed by atoms with Gasteiger partial charge < -0.3 is 9.73 Å². The Morgan fingerprint density at radius 3 is 2.29 bits per heavy atom. The Labute approximate surface area is 138 Å². The lowest BCUT2D eigenvalue weighted by molar-refractivity contribution is 0.102. The van der Waals surface area contributed by atoms with E-state index in [1.54, 1.807) is 24.3 Å². The third-order valence-corrected chi connectivity index (χ3v) is 3.55. The number of hydrogen-bond acceptors (Lipinski definition) is 4. The zero-order valence-corrected chi connectivity index (χ0v) is 12.6. The molecule has 1 amide bonds. The van der Waals surface area contributed by atoms with Crippen LogP contribution >= 0.6 is 0 Å². The Hall–Kier alpha value is -3.47. The Balaban J connectivity index is 1.63. The molecule has 1 N–H and O–H groups in total. The van der Waals surface area contributed by atoms with Crippen LogP contribution in [0.4, 0.5) is 5.82 Å². The largest absolute Gasteiger partial charge is 0.418 e. The highest BCUT2D eigenvalue weighted by Gasteiger charge is 2.11. The van der Waals surface area contributed by atoms with Crippen LogP contribution in [0.1, 0.15) is 10.4 Å². The zero-order chi connectivity index (χ0) is 16.4. The smallest absolute Gasteiger partial charge is 0.256 e. The van der Waals surface area contributed by atoms with Gasteiger partial charge >= 0.3 is 0 Å². The number of benzene rings is 2. The zero-order valence-electron chi connectivity index (χ0n) is 12.6. The van der Waals surface area contributed by atoms with Gasteiger partial charge in [0.1, 0.15) is 11.3 Å². The highest BCUT2D eigenvalue weighted by Crippen LogP contribution is 2.24. The first-order valence-electron chi connectivity index (χ1n) is 7.49. The lowest BCUT2D eigenvalue weighted by Crippen LogP contribution is -2.12. The normalized spacial score (nSPS) is 10.7. The molecule has 0 atom stereocenters. The van der Waals surface area contributed by atoms with Crippen molar-refractivity contribution in [2.45, 2.75) is 0 Å². The second-order valence-corrected chi connectivity index (χ2v) is 5.23. The van der Waals surface area contributed by atoms with E-state index in [1.807, 2.05) is 48.5 Å². The molecule has 0 spiro atoms. The molecule has 5 nitrogen and oxygen atoms in total. The number of carbonyl (C=O) groups excluding carboxylic acids is 1. The van der Waals surface area contributed by atoms with E-state index in [4.69, 9.17) is 4.42 Å². The van der Waals surface area contributed by atoms with Crippen LogP contribution in [0.25, 0.3) is 22.7 Å². The molecule has 0 saturated heterocycles. The first kappa shape index (κ1) is 14.1. The molecule has 4 aromatic rings. The van der Waals surface area contributed by atoms with Crippen LogP contribution in [-0.2, 0) is 0 Å². The number of fused-ring (bicyclic) bond motifs is 1. The molecule has 24 heavy (non-hydrogen) atoms. The summed E-state index contributed by atoms with van der Waals surface area (Å²) in [5.41, 5.74) is 2.48. The molecule has 0 saturated carbocycles. The Bertz CT molecular complexity index is 995. The number of amides is 1. The van der Waals surface area contributed by atoms with Gasteiger partial charge in [0.15, 0.2) is 0 Å². The first-order chi connectivity index (χ1) is 11.8. The summed E-state index contributed by atoms with van der Waals surface area (Å²) in [7, 11) is 0. The maximum atomic E-state index is 12.2. The van der Waals surface area contributed by atoms with Crippen molar-refractivity contribution in [3.63, 3.8) is 0 Å². The summed E-state index contributed by atoms with van der Waals surface area (Å²) >= 11 is 0. The molecule has 0 aliphatic rings. The molecular weight excluding hydrogens is 302 g/mol. The topological polar surface area (TPSA) is 68.0 Å². The molecule has 0 unspecified atom stereocenters. The number of carbonyl (C=O) groups is 1. The van der Waals surface area contributed by atoms with Crippen LogP contribution in [-0.4, -0.2) is 15.9 Å². The number of oxazole rings is 1. The predicted molar refractivity (Wildman–Crippen MR) is 91.6 cm³/mol. The summed E-state index contributed by atoms with van der Waals surface area (Å²) in [4.78, 5) is 20.9. The van der Waals surface area contributed by atoms with E-state index in [0.29, 0.717) is 28.5 Å². The number of aromatic nitrogens is 2. The monoisotopic (exact) mass is 315 g/mol. The van der Waals surface area contributed by atoms with Gasteiger partial charge in [0, 0.05) is 11.1 Å². The number of anilines is 1. The van der Waals surface area contributed by atoms with Crippen molar-refractivity contribution in [1.82, 2.24) is 9.97 Å². The van der Waals surface area contributed by atoms with E-state index in [2.05, 4.69) is 15.3 Å². The molecule has 0 bridgehead atoms. The maximum absolute atomic E-state index is 12.2. The molecule has 116 valence electrons. The van der Waals surface area contributed by atoms with Gasteiger partial charge in [-0.1, -0.05) is 36.4 Å². The molecule has 0 radical (unpaired) electrons. The van der Waals surface area contributed by atoms with E-state index in [0.717, 1.165) is 5.56 Å². The minimum absolute atomic E-state index is 0.217. The van der Waals surface area contributed by atoms with E-state index in [9.17, 15) is 4.79 Å². The summed E-state index contributed by atoms with van der Waals surface area (Å²) in [5.74, 6) is 0.710. The average molecular weight is 315 g/mol. The Morgan fingerprint density at radius 2 is 1.54 bits per heavy atom. The minimum atomic E-state index is -0.217. The van der Waals surface area contributed by atoms with Gasteiger partial charge in [-0.15, -0.1) is 0 Å². The van der Waals surface area contributed by atoms with Crippen molar-refractivity contribution in [2.75, 3.05) is 5.32 Å². The maximum Gasteiger partial charge on any atom is 0.256 e. The fourth-order valence-electron chi connectivity index (χ4n) is 2.37. The summed E-state index contributed by atoms with van der Waals surface area (Å²) in [6.45, 7) is 0. The molecule has 2 aromatic carbocycles. The third-order valence-electron chi connectivity index (χ3n) is 3.55. The van der Waals surface area contributed by atoms with Crippen molar-refractivity contribution in [3.8, 4) is 11.5 Å². The van der Waals surface area contributed by atoms with E-state index < -0.39 is 0 Å². The third kappa shape index (κ3) is 2.75. The lowest BCUT2D eigenvalue weighted by atomic mass is 10.2. The summed E-state index contributed by atoms with van der Waals surface area (Å²) in [5, 5.41) is 2.76. The standard InChI is InChI=1S/C19H13N3O2/c23-17(13-7-3-1-4-8-13)21-16-12-11-15-19(22-16)24-18(20-15)14-9-5-2-6-10-14/h1-12H,(H,21,22,23). The van der Waals surface area contributed by atoms with E-state index in [-0.39, 0.29) is 5.91 Å². The number of rotatable bonds is 3. The van der Waals surface area contributed by atoms with Gasteiger partial charge in [-0.3, -0.25) is 4.79 Å². The molecular formula is C19H13N3O2. The predicted octanol–water partition coefficient (Wildman–Crippen LogP) is 4.14. The van der Waals surface area contributed by atoms with Gasteiger partial charge in [-0.2, -0.15) is 4.98 Å². The van der Waals surface area contributed by atoms with Crippen LogP contribution in [0.3, 0.4) is 0 Å². The van der Waals surface area contributed by atoms with Gasteiger partial charge in [0.25, 0.3) is 5.91 Å². The number of pyridine rings is 1. The molecule has 0 aliphatic carbocycles. The van der Waals surface area contributed by atoms with Gasteiger partial charge in [-0.05, 0) is 36.4 Å². The average Bonchev–Trinajstić information content (AvgIpc) is 3.06. The fourth-order valence-corrected chi connectivity index (χ4v) is 2.37. The van der Waals surface area contributed by atoms with Crippen LogP contribution in [0.15, 0.2) is 77.2 Å². The fraction of sp³-hybridized carbons (Fsp3) is 0. The van der Waals surface area contributed by atoms with Crippen molar-refractivity contribution in [3.05, 3.63) is 78.4 Å². The van der Waals surface area contributed by atoms with E-state index >= 15 is 0 Å². The molecule has 2 heterocycles. The van der Waals surface area contributed by atoms with Crippen molar-refractivity contribution in [2.24, 2.45) is 0 Å². The lowest BCUT2D eigenvalue weighted by Gasteiger charge is -2.03. The number of nitrogens with one attached hydrogen (secondary N) is 1. The van der Waals surface area contributed by atoms with E-state index in [1.165, 1.54) is 0 Å². The number of nitrogens with zero attached hydrogens (tertiary/aromatic N) is 2. The summed E-state index contributed by atoms with van der Waals surface area (Å²) in [6.07, 6.45) is 0. The molecule has 0 fully saturated rings. The first-order valence-corrected chi connectivity index (χ1v) is 7.49. The number of hydrogen-bond donors (Lipinski definition) is 1. The summed E-state index contributed by atoms with van der Waals surface area (Å²) in [6, 6.07) is 22.1. The second-order valence-electron chi connectivity index (χ2n) is 5.23. The van der Waals surface area contributed by atoms with Crippen LogP contribution < -0.4 is 5.32 Å². The summed E-state index contributed by atoms with van der Waals surface area (Å²) < 4.78 is 5.71. The molecule has 4 rings (SSSR count). The quantitative estimate of drug-likeness (QED) is 0.617. The van der Waals surface area contributed by atoms with Crippen LogP contribution in [0.5, 0.6) is 0 Å². The highest BCUT2D eigenvalue weighted by molar-refractivity contribution is 6.04. The molecule has 0 aliphatic heterocycles. The van der Waals surface area contributed by atoms with Crippen LogP contribution in [0, 0.1) is 0 Å². The van der Waals surface area contributed by atoms with Gasteiger partial charge in [0.05, 0.1) is 0 Å². The van der Waals surface area contributed by atoms with Crippen molar-refractivity contribution >= 4 is 23.0 Å². The molecule has 2 aromatic heterocycles. The Morgan fingerprint density at radius 1 is 0.833 bits per heavy atom. The Kier molecular flexibility index (Phi) is 3.51. The van der Waals surface area contributed by atoms with Gasteiger partial charge in [-0.25, -0.2) is 4.98 Å². The van der Waals surface area contributed by atoms with Gasteiger partial charge in [0.2, 0.25) is 11.6 Å².